The van der Waals surface area contributed by atoms with E-state index in [9.17, 15) is 0 Å². The molecule has 1 fully saturated rings. The summed E-state index contributed by atoms with van der Waals surface area (Å²) in [7, 11) is 0. The molecule has 94 valence electrons. The van der Waals surface area contributed by atoms with Crippen molar-refractivity contribution in [1.29, 1.82) is 0 Å². The van der Waals surface area contributed by atoms with Crippen molar-refractivity contribution in [3.05, 3.63) is 28.2 Å². The first-order chi connectivity index (χ1) is 8.16. The van der Waals surface area contributed by atoms with Crippen LogP contribution in [0.4, 0.5) is 5.69 Å². The number of hydrogen-bond donors (Lipinski definition) is 1. The van der Waals surface area contributed by atoms with E-state index in [4.69, 9.17) is 5.73 Å². The van der Waals surface area contributed by atoms with Gasteiger partial charge in [-0.15, -0.1) is 0 Å². The van der Waals surface area contributed by atoms with Crippen LogP contribution >= 0.6 is 27.7 Å². The third-order valence-electron chi connectivity index (χ3n) is 3.47. The standard InChI is InChI=1S/C14H20BrNS/c1-10-4-2-6-12(8-10)17-9-11-5-3-7-13(16)14(11)15/h3,5,7,10,12H,2,4,6,8-9,16H2,1H3. The lowest BCUT2D eigenvalue weighted by Gasteiger charge is -2.26. The molecule has 1 saturated carbocycles. The fraction of sp³-hybridized carbons (Fsp3) is 0.571. The summed E-state index contributed by atoms with van der Waals surface area (Å²) in [6.07, 6.45) is 5.58. The minimum Gasteiger partial charge on any atom is -0.398 e. The lowest BCUT2D eigenvalue weighted by atomic mass is 9.91. The summed E-state index contributed by atoms with van der Waals surface area (Å²) < 4.78 is 1.08. The molecule has 1 aliphatic rings. The van der Waals surface area contributed by atoms with Crippen LogP contribution in [-0.2, 0) is 5.75 Å². The van der Waals surface area contributed by atoms with Crippen LogP contribution in [0, 0.1) is 5.92 Å². The fourth-order valence-electron chi connectivity index (χ4n) is 2.45. The normalized spacial score (nSPS) is 24.8. The number of hydrogen-bond acceptors (Lipinski definition) is 2. The molecule has 0 aliphatic heterocycles. The fourth-order valence-corrected chi connectivity index (χ4v) is 4.49. The topological polar surface area (TPSA) is 26.0 Å². The van der Waals surface area contributed by atoms with Gasteiger partial charge in [0, 0.05) is 21.2 Å². The number of nitrogen functional groups attached to an aromatic ring is 1. The average molecular weight is 314 g/mol. The molecule has 0 spiro atoms. The van der Waals surface area contributed by atoms with E-state index >= 15 is 0 Å². The Balaban J connectivity index is 1.91. The van der Waals surface area contributed by atoms with Crippen LogP contribution in [0.15, 0.2) is 22.7 Å². The summed E-state index contributed by atoms with van der Waals surface area (Å²) in [5, 5.41) is 0.840. The van der Waals surface area contributed by atoms with Crippen LogP contribution < -0.4 is 5.73 Å². The van der Waals surface area contributed by atoms with Crippen LogP contribution in [-0.4, -0.2) is 5.25 Å². The molecule has 0 amide bonds. The Morgan fingerprint density at radius 3 is 3.00 bits per heavy atom. The molecular formula is C14H20BrNS. The van der Waals surface area contributed by atoms with E-state index in [1.54, 1.807) is 0 Å². The summed E-state index contributed by atoms with van der Waals surface area (Å²) in [5.74, 6) is 1.98. The monoisotopic (exact) mass is 313 g/mol. The molecule has 2 rings (SSSR count). The predicted molar refractivity (Wildman–Crippen MR) is 81.3 cm³/mol. The van der Waals surface area contributed by atoms with Crippen molar-refractivity contribution >= 4 is 33.4 Å². The first-order valence-corrected chi connectivity index (χ1v) is 8.15. The molecule has 0 saturated heterocycles. The Hall–Kier alpha value is -0.150. The molecule has 1 aromatic carbocycles. The van der Waals surface area contributed by atoms with Crippen molar-refractivity contribution in [2.24, 2.45) is 5.92 Å². The summed E-state index contributed by atoms with van der Waals surface area (Å²) in [5.41, 5.74) is 8.07. The molecule has 0 radical (unpaired) electrons. The largest absolute Gasteiger partial charge is 0.398 e. The van der Waals surface area contributed by atoms with Gasteiger partial charge in [-0.25, -0.2) is 0 Å². The molecule has 2 atom stereocenters. The van der Waals surface area contributed by atoms with Gasteiger partial charge in [0.15, 0.2) is 0 Å². The minimum atomic E-state index is 0.840. The smallest absolute Gasteiger partial charge is 0.0461 e. The van der Waals surface area contributed by atoms with Gasteiger partial charge in [-0.3, -0.25) is 0 Å². The molecule has 0 bridgehead atoms. The zero-order valence-electron chi connectivity index (χ0n) is 10.3. The zero-order chi connectivity index (χ0) is 12.3. The summed E-state index contributed by atoms with van der Waals surface area (Å²) >= 11 is 5.67. The van der Waals surface area contributed by atoms with Gasteiger partial charge in [-0.05, 0) is 46.3 Å². The highest BCUT2D eigenvalue weighted by molar-refractivity contribution is 9.10. The van der Waals surface area contributed by atoms with Crippen molar-refractivity contribution in [2.45, 2.75) is 43.6 Å². The maximum absolute atomic E-state index is 5.90. The lowest BCUT2D eigenvalue weighted by molar-refractivity contribution is 0.394. The summed E-state index contributed by atoms with van der Waals surface area (Å²) in [6.45, 7) is 2.38. The number of halogens is 1. The Morgan fingerprint density at radius 2 is 2.24 bits per heavy atom. The second-order valence-electron chi connectivity index (χ2n) is 5.03. The third kappa shape index (κ3) is 3.65. The van der Waals surface area contributed by atoms with Gasteiger partial charge < -0.3 is 5.73 Å². The Bertz CT molecular complexity index is 380. The van der Waals surface area contributed by atoms with Crippen molar-refractivity contribution in [3.63, 3.8) is 0 Å². The van der Waals surface area contributed by atoms with Crippen molar-refractivity contribution in [3.8, 4) is 0 Å². The molecule has 0 aromatic heterocycles. The third-order valence-corrected chi connectivity index (χ3v) is 5.82. The minimum absolute atomic E-state index is 0.840. The SMILES string of the molecule is CC1CCCC(SCc2cccc(N)c2Br)C1. The van der Waals surface area contributed by atoms with Gasteiger partial charge in [0.1, 0.15) is 0 Å². The molecule has 1 aromatic rings. The maximum atomic E-state index is 5.90. The van der Waals surface area contributed by atoms with Gasteiger partial charge in [-0.1, -0.05) is 31.9 Å². The van der Waals surface area contributed by atoms with Gasteiger partial charge >= 0.3 is 0 Å². The number of nitrogens with two attached hydrogens (primary N) is 1. The quantitative estimate of drug-likeness (QED) is 0.808. The van der Waals surface area contributed by atoms with Crippen molar-refractivity contribution in [1.82, 2.24) is 0 Å². The number of thioether (sulfide) groups is 1. The molecule has 3 heteroatoms. The van der Waals surface area contributed by atoms with E-state index in [0.717, 1.165) is 27.1 Å². The van der Waals surface area contributed by atoms with E-state index in [2.05, 4.69) is 40.7 Å². The van der Waals surface area contributed by atoms with Crippen LogP contribution in [0.5, 0.6) is 0 Å². The van der Waals surface area contributed by atoms with Gasteiger partial charge in [0.25, 0.3) is 0 Å². The summed E-state index contributed by atoms with van der Waals surface area (Å²) in [6, 6.07) is 6.15. The number of rotatable bonds is 3. The number of benzene rings is 1. The second-order valence-corrected chi connectivity index (χ2v) is 7.11. The molecule has 1 aliphatic carbocycles. The van der Waals surface area contributed by atoms with Crippen molar-refractivity contribution in [2.75, 3.05) is 5.73 Å². The maximum Gasteiger partial charge on any atom is 0.0461 e. The Labute approximate surface area is 117 Å². The highest BCUT2D eigenvalue weighted by Crippen LogP contribution is 2.35. The molecule has 1 nitrogen and oxygen atoms in total. The Morgan fingerprint density at radius 1 is 1.41 bits per heavy atom. The first-order valence-electron chi connectivity index (χ1n) is 6.31. The first kappa shape index (κ1) is 13.3. The van der Waals surface area contributed by atoms with Crippen LogP contribution in [0.25, 0.3) is 0 Å². The van der Waals surface area contributed by atoms with E-state index in [1.807, 2.05) is 12.1 Å². The van der Waals surface area contributed by atoms with E-state index in [1.165, 1.54) is 31.2 Å². The van der Waals surface area contributed by atoms with Crippen LogP contribution in [0.2, 0.25) is 0 Å². The predicted octanol–water partition coefficient (Wildman–Crippen LogP) is 4.84. The Kier molecular flexibility index (Phi) is 4.80. The van der Waals surface area contributed by atoms with Gasteiger partial charge in [0.05, 0.1) is 0 Å². The average Bonchev–Trinajstić information content (AvgIpc) is 2.31. The van der Waals surface area contributed by atoms with E-state index < -0.39 is 0 Å². The van der Waals surface area contributed by atoms with Gasteiger partial charge in [-0.2, -0.15) is 11.8 Å². The van der Waals surface area contributed by atoms with Crippen LogP contribution in [0.1, 0.15) is 38.2 Å². The van der Waals surface area contributed by atoms with E-state index in [-0.39, 0.29) is 0 Å². The molecular weight excluding hydrogens is 294 g/mol. The zero-order valence-corrected chi connectivity index (χ0v) is 12.7. The van der Waals surface area contributed by atoms with Crippen molar-refractivity contribution < 1.29 is 0 Å². The molecule has 17 heavy (non-hydrogen) atoms. The number of anilines is 1. The molecule has 2 N–H and O–H groups in total. The second kappa shape index (κ2) is 6.14. The van der Waals surface area contributed by atoms with Crippen LogP contribution in [0.3, 0.4) is 0 Å². The highest BCUT2D eigenvalue weighted by Gasteiger charge is 2.19. The lowest BCUT2D eigenvalue weighted by Crippen LogP contribution is -2.15. The summed E-state index contributed by atoms with van der Waals surface area (Å²) in [4.78, 5) is 0. The highest BCUT2D eigenvalue weighted by atomic mass is 79.9. The van der Waals surface area contributed by atoms with Gasteiger partial charge in [0.2, 0.25) is 0 Å². The molecule has 2 unspecified atom stereocenters. The van der Waals surface area contributed by atoms with E-state index in [0.29, 0.717) is 0 Å². The molecule has 0 heterocycles.